The monoisotopic (exact) mass is 473 g/mol. The number of fused-ring (bicyclic) bond motifs is 3. The van der Waals surface area contributed by atoms with Crippen molar-refractivity contribution in [3.8, 4) is 5.75 Å². The number of H-pyrrole nitrogens is 1. The lowest BCUT2D eigenvalue weighted by molar-refractivity contribution is 0.172. The molecule has 1 aliphatic rings. The van der Waals surface area contributed by atoms with Crippen molar-refractivity contribution in [3.63, 3.8) is 0 Å². The summed E-state index contributed by atoms with van der Waals surface area (Å²) in [6, 6.07) is 11.0. The van der Waals surface area contributed by atoms with Crippen LogP contribution in [0.2, 0.25) is 0 Å². The van der Waals surface area contributed by atoms with E-state index >= 15 is 0 Å². The van der Waals surface area contributed by atoms with Crippen LogP contribution < -0.4 is 14.8 Å². The molecule has 0 aliphatic heterocycles. The molecule has 1 aromatic heterocycles. The lowest BCUT2D eigenvalue weighted by Crippen LogP contribution is -2.26. The summed E-state index contributed by atoms with van der Waals surface area (Å²) in [5.41, 5.74) is 5.17. The Morgan fingerprint density at radius 2 is 1.97 bits per heavy atom. The minimum absolute atomic E-state index is 0.265. The highest BCUT2D eigenvalue weighted by atomic mass is 32.2. The second kappa shape index (κ2) is 10.1. The number of sulfonamides is 1. The summed E-state index contributed by atoms with van der Waals surface area (Å²) < 4.78 is 31.3. The Labute approximate surface area is 194 Å². The fraction of sp³-hybridized carbons (Fsp3) is 0.417. The summed E-state index contributed by atoms with van der Waals surface area (Å²) in [5, 5.41) is 24.3. The maximum absolute atomic E-state index is 11.6. The topological polar surface area (TPSA) is 124 Å². The van der Waals surface area contributed by atoms with Gasteiger partial charge in [-0.05, 0) is 55.0 Å². The van der Waals surface area contributed by atoms with Crippen molar-refractivity contribution < 1.29 is 23.4 Å². The first-order valence-corrected chi connectivity index (χ1v) is 13.1. The Morgan fingerprint density at radius 3 is 2.76 bits per heavy atom. The summed E-state index contributed by atoms with van der Waals surface area (Å²) in [4.78, 5) is 3.53. The van der Waals surface area contributed by atoms with Gasteiger partial charge in [-0.3, -0.25) is 4.72 Å². The van der Waals surface area contributed by atoms with Crippen LogP contribution in [-0.4, -0.2) is 49.6 Å². The number of rotatable bonds is 10. The van der Waals surface area contributed by atoms with E-state index in [4.69, 9.17) is 4.74 Å². The molecule has 0 bridgehead atoms. The van der Waals surface area contributed by atoms with Gasteiger partial charge in [0.1, 0.15) is 12.4 Å². The van der Waals surface area contributed by atoms with E-state index in [2.05, 4.69) is 21.1 Å². The molecule has 4 rings (SSSR count). The van der Waals surface area contributed by atoms with Gasteiger partial charge in [0.25, 0.3) is 0 Å². The zero-order valence-corrected chi connectivity index (χ0v) is 19.5. The molecule has 0 fully saturated rings. The van der Waals surface area contributed by atoms with Gasteiger partial charge in [0.05, 0.1) is 24.7 Å². The standard InChI is InChI=1S/C24H31N3O5S/c1-33(30,31)27-22-12-16(6-7-17(22)15-28)24(29)14-25-10-11-32-18-8-9-20-19-4-2-3-5-21(19)26-23(20)13-18/h6-9,12-13,24-29H,2-5,10-11,14-15H2,1H3. The third-order valence-electron chi connectivity index (χ3n) is 5.94. The molecule has 1 aliphatic carbocycles. The average Bonchev–Trinajstić information content (AvgIpc) is 3.15. The number of aliphatic hydroxyl groups excluding tert-OH is 2. The third kappa shape index (κ3) is 5.86. The largest absolute Gasteiger partial charge is 0.492 e. The number of hydrogen-bond donors (Lipinski definition) is 5. The fourth-order valence-corrected chi connectivity index (χ4v) is 4.90. The molecular formula is C24H31N3O5S. The molecule has 8 nitrogen and oxygen atoms in total. The molecule has 9 heteroatoms. The molecule has 1 heterocycles. The van der Waals surface area contributed by atoms with Crippen molar-refractivity contribution in [1.82, 2.24) is 10.3 Å². The molecule has 2 aromatic carbocycles. The summed E-state index contributed by atoms with van der Waals surface area (Å²) in [6.45, 7) is 0.964. The van der Waals surface area contributed by atoms with E-state index in [0.29, 0.717) is 24.3 Å². The molecule has 1 atom stereocenters. The SMILES string of the molecule is CS(=O)(=O)Nc1cc(C(O)CNCCOc2ccc3c4c([nH]c3c2)CCCC4)ccc1CO. The highest BCUT2D eigenvalue weighted by Gasteiger charge is 2.16. The van der Waals surface area contributed by atoms with Crippen LogP contribution >= 0.6 is 0 Å². The Bertz CT molecular complexity index is 1220. The minimum atomic E-state index is -3.50. The second-order valence-electron chi connectivity index (χ2n) is 8.51. The first kappa shape index (κ1) is 23.6. The summed E-state index contributed by atoms with van der Waals surface area (Å²) in [7, 11) is -3.50. The predicted molar refractivity (Wildman–Crippen MR) is 129 cm³/mol. The van der Waals surface area contributed by atoms with Gasteiger partial charge in [0.2, 0.25) is 10.0 Å². The Balaban J connectivity index is 1.28. The number of aromatic nitrogens is 1. The second-order valence-corrected chi connectivity index (χ2v) is 10.3. The summed E-state index contributed by atoms with van der Waals surface area (Å²) in [5.74, 6) is 0.805. The molecular weight excluding hydrogens is 442 g/mol. The van der Waals surface area contributed by atoms with Gasteiger partial charge in [-0.2, -0.15) is 0 Å². The Hall–Kier alpha value is -2.59. The van der Waals surface area contributed by atoms with Gasteiger partial charge in [0, 0.05) is 41.3 Å². The average molecular weight is 474 g/mol. The number of aliphatic hydroxyl groups is 2. The number of aryl methyl sites for hydroxylation is 2. The van der Waals surface area contributed by atoms with Crippen LogP contribution in [0.4, 0.5) is 5.69 Å². The van der Waals surface area contributed by atoms with E-state index in [1.807, 2.05) is 12.1 Å². The van der Waals surface area contributed by atoms with Gasteiger partial charge in [-0.1, -0.05) is 12.1 Å². The summed E-state index contributed by atoms with van der Waals surface area (Å²) in [6.07, 6.45) is 4.94. The van der Waals surface area contributed by atoms with Crippen molar-refractivity contribution in [3.05, 3.63) is 58.8 Å². The molecule has 5 N–H and O–H groups in total. The third-order valence-corrected chi connectivity index (χ3v) is 6.53. The van der Waals surface area contributed by atoms with Crippen LogP contribution in [0.5, 0.6) is 5.75 Å². The van der Waals surface area contributed by atoms with E-state index < -0.39 is 16.1 Å². The number of anilines is 1. The predicted octanol–water partition coefficient (Wildman–Crippen LogP) is 2.61. The molecule has 1 unspecified atom stereocenters. The molecule has 0 saturated carbocycles. The fourth-order valence-electron chi connectivity index (χ4n) is 4.31. The zero-order valence-electron chi connectivity index (χ0n) is 18.7. The quantitative estimate of drug-likeness (QED) is 0.289. The Kier molecular flexibility index (Phi) is 7.23. The van der Waals surface area contributed by atoms with Crippen molar-refractivity contribution in [2.24, 2.45) is 0 Å². The first-order chi connectivity index (χ1) is 15.8. The van der Waals surface area contributed by atoms with Crippen LogP contribution in [0, 0.1) is 0 Å². The number of hydrogen-bond acceptors (Lipinski definition) is 6. The lowest BCUT2D eigenvalue weighted by Gasteiger charge is -2.16. The van der Waals surface area contributed by atoms with Crippen LogP contribution in [0.15, 0.2) is 36.4 Å². The zero-order chi connectivity index (χ0) is 23.4. The van der Waals surface area contributed by atoms with Crippen molar-refractivity contribution in [2.45, 2.75) is 38.4 Å². The number of nitrogens with one attached hydrogen (secondary N) is 3. The van der Waals surface area contributed by atoms with Crippen LogP contribution in [0.3, 0.4) is 0 Å². The number of ether oxygens (including phenoxy) is 1. The van der Waals surface area contributed by atoms with Gasteiger partial charge in [-0.15, -0.1) is 0 Å². The van der Waals surface area contributed by atoms with Crippen molar-refractivity contribution >= 4 is 26.6 Å². The highest BCUT2D eigenvalue weighted by molar-refractivity contribution is 7.92. The van der Waals surface area contributed by atoms with E-state index in [1.54, 1.807) is 18.2 Å². The van der Waals surface area contributed by atoms with Gasteiger partial charge in [0.15, 0.2) is 0 Å². The maximum atomic E-state index is 11.6. The van der Waals surface area contributed by atoms with Crippen LogP contribution in [0.1, 0.15) is 41.3 Å². The van der Waals surface area contributed by atoms with E-state index in [9.17, 15) is 18.6 Å². The van der Waals surface area contributed by atoms with Crippen molar-refractivity contribution in [1.29, 1.82) is 0 Å². The first-order valence-electron chi connectivity index (χ1n) is 11.2. The minimum Gasteiger partial charge on any atom is -0.492 e. The number of aromatic amines is 1. The van der Waals surface area contributed by atoms with Gasteiger partial charge >= 0.3 is 0 Å². The van der Waals surface area contributed by atoms with Gasteiger partial charge < -0.3 is 25.3 Å². The van der Waals surface area contributed by atoms with Gasteiger partial charge in [-0.25, -0.2) is 8.42 Å². The van der Waals surface area contributed by atoms with E-state index in [-0.39, 0.29) is 18.8 Å². The van der Waals surface area contributed by atoms with Crippen LogP contribution in [0.25, 0.3) is 10.9 Å². The van der Waals surface area contributed by atoms with E-state index in [1.165, 1.54) is 29.5 Å². The number of benzene rings is 2. The normalized spacial score (nSPS) is 14.8. The van der Waals surface area contributed by atoms with Crippen LogP contribution in [-0.2, 0) is 29.5 Å². The molecule has 0 amide bonds. The Morgan fingerprint density at radius 1 is 1.15 bits per heavy atom. The van der Waals surface area contributed by atoms with E-state index in [0.717, 1.165) is 30.4 Å². The molecule has 178 valence electrons. The molecule has 0 saturated heterocycles. The highest BCUT2D eigenvalue weighted by Crippen LogP contribution is 2.31. The molecule has 33 heavy (non-hydrogen) atoms. The smallest absolute Gasteiger partial charge is 0.229 e. The lowest BCUT2D eigenvalue weighted by atomic mass is 9.96. The molecule has 0 radical (unpaired) electrons. The molecule has 3 aromatic rings. The summed E-state index contributed by atoms with van der Waals surface area (Å²) >= 11 is 0. The maximum Gasteiger partial charge on any atom is 0.229 e. The molecule has 0 spiro atoms. The van der Waals surface area contributed by atoms with Crippen molar-refractivity contribution in [2.75, 3.05) is 30.7 Å².